The van der Waals surface area contributed by atoms with Crippen LogP contribution in [-0.4, -0.2) is 14.5 Å². The Bertz CT molecular complexity index is 1040. The van der Waals surface area contributed by atoms with Gasteiger partial charge in [0.05, 0.1) is 28.8 Å². The van der Waals surface area contributed by atoms with E-state index in [0.29, 0.717) is 10.2 Å². The van der Waals surface area contributed by atoms with Crippen LogP contribution in [0.2, 0.25) is 10.2 Å². The highest BCUT2D eigenvalue weighted by Crippen LogP contribution is 2.39. The number of aryl methyl sites for hydroxylation is 1. The zero-order valence-electron chi connectivity index (χ0n) is 12.9. The largest absolute Gasteiger partial charge is 0.334 e. The van der Waals surface area contributed by atoms with Crippen molar-refractivity contribution in [3.8, 4) is 22.4 Å². The predicted octanol–water partition coefficient (Wildman–Crippen LogP) is 5.61. The van der Waals surface area contributed by atoms with E-state index in [1.54, 1.807) is 6.33 Å². The molecular weight excluding hydrogens is 341 g/mol. The number of benzene rings is 2. The van der Waals surface area contributed by atoms with Crippen molar-refractivity contribution in [1.82, 2.24) is 14.5 Å². The molecule has 4 aromatic rings. The summed E-state index contributed by atoms with van der Waals surface area (Å²) in [6.07, 6.45) is 3.60. The van der Waals surface area contributed by atoms with Gasteiger partial charge in [-0.3, -0.25) is 0 Å². The molecule has 0 saturated carbocycles. The Labute approximate surface area is 149 Å². The first-order valence-corrected chi connectivity index (χ1v) is 8.21. The SMILES string of the molecule is Cn1cncc1-c1ccc2nc(Cl)c(-c3ccccc3)c(Cl)c2c1. The summed E-state index contributed by atoms with van der Waals surface area (Å²) in [5.41, 5.74) is 4.54. The third-order valence-corrected chi connectivity index (χ3v) is 4.72. The molecule has 4 rings (SSSR count). The standard InChI is InChI=1S/C19H13Cl2N3/c1-24-11-22-10-16(24)13-7-8-15-14(9-13)18(20)17(19(21)23-15)12-5-3-2-4-6-12/h2-11H,1H3. The number of nitrogens with zero attached hydrogens (tertiary/aromatic N) is 3. The lowest BCUT2D eigenvalue weighted by Crippen LogP contribution is -1.92. The smallest absolute Gasteiger partial charge is 0.139 e. The van der Waals surface area contributed by atoms with Crippen LogP contribution in [-0.2, 0) is 7.05 Å². The molecule has 0 bridgehead atoms. The Hall–Kier alpha value is -2.36. The molecular formula is C19H13Cl2N3. The van der Waals surface area contributed by atoms with Crippen LogP contribution >= 0.6 is 23.2 Å². The Morgan fingerprint density at radius 1 is 0.958 bits per heavy atom. The second kappa shape index (κ2) is 5.93. The first-order valence-electron chi connectivity index (χ1n) is 7.46. The van der Waals surface area contributed by atoms with Gasteiger partial charge in [0.2, 0.25) is 0 Å². The molecule has 0 aliphatic carbocycles. The number of imidazole rings is 1. The van der Waals surface area contributed by atoms with Crippen LogP contribution in [0.4, 0.5) is 0 Å². The maximum atomic E-state index is 6.71. The van der Waals surface area contributed by atoms with E-state index in [4.69, 9.17) is 23.2 Å². The van der Waals surface area contributed by atoms with E-state index < -0.39 is 0 Å². The van der Waals surface area contributed by atoms with Crippen molar-refractivity contribution < 1.29 is 0 Å². The number of rotatable bonds is 2. The minimum atomic E-state index is 0.409. The van der Waals surface area contributed by atoms with E-state index in [1.807, 2.05) is 66.3 Å². The molecule has 3 nitrogen and oxygen atoms in total. The van der Waals surface area contributed by atoms with Crippen molar-refractivity contribution in [1.29, 1.82) is 0 Å². The van der Waals surface area contributed by atoms with E-state index in [0.717, 1.165) is 33.3 Å². The third-order valence-electron chi connectivity index (χ3n) is 4.05. The van der Waals surface area contributed by atoms with Gasteiger partial charge in [-0.05, 0) is 17.7 Å². The number of fused-ring (bicyclic) bond motifs is 1. The molecule has 2 heterocycles. The maximum absolute atomic E-state index is 6.71. The van der Waals surface area contributed by atoms with Gasteiger partial charge in [-0.25, -0.2) is 9.97 Å². The fourth-order valence-electron chi connectivity index (χ4n) is 2.84. The van der Waals surface area contributed by atoms with Crippen molar-refractivity contribution in [2.45, 2.75) is 0 Å². The summed E-state index contributed by atoms with van der Waals surface area (Å²) in [6, 6.07) is 15.8. The third kappa shape index (κ3) is 2.46. The summed E-state index contributed by atoms with van der Waals surface area (Å²) in [5.74, 6) is 0. The van der Waals surface area contributed by atoms with Crippen LogP contribution in [0.15, 0.2) is 61.1 Å². The lowest BCUT2D eigenvalue weighted by Gasteiger charge is -2.11. The first kappa shape index (κ1) is 15.2. The lowest BCUT2D eigenvalue weighted by molar-refractivity contribution is 0.921. The van der Waals surface area contributed by atoms with Gasteiger partial charge in [-0.2, -0.15) is 0 Å². The number of pyridine rings is 1. The summed E-state index contributed by atoms with van der Waals surface area (Å²) in [6.45, 7) is 0. The molecule has 0 atom stereocenters. The summed E-state index contributed by atoms with van der Waals surface area (Å²) in [4.78, 5) is 8.69. The molecule has 5 heteroatoms. The molecule has 0 amide bonds. The van der Waals surface area contributed by atoms with Gasteiger partial charge < -0.3 is 4.57 Å². The van der Waals surface area contributed by atoms with Crippen molar-refractivity contribution in [2.24, 2.45) is 7.05 Å². The van der Waals surface area contributed by atoms with Crippen LogP contribution < -0.4 is 0 Å². The molecule has 0 aliphatic heterocycles. The van der Waals surface area contributed by atoms with Gasteiger partial charge in [0.25, 0.3) is 0 Å². The summed E-state index contributed by atoms with van der Waals surface area (Å²) in [5, 5.41) is 1.89. The molecule has 2 aromatic carbocycles. The molecule has 0 saturated heterocycles. The Morgan fingerprint density at radius 3 is 2.46 bits per heavy atom. The highest BCUT2D eigenvalue weighted by Gasteiger charge is 2.15. The molecule has 2 aromatic heterocycles. The van der Waals surface area contributed by atoms with Crippen molar-refractivity contribution >= 4 is 34.1 Å². The molecule has 118 valence electrons. The second-order valence-electron chi connectivity index (χ2n) is 5.58. The van der Waals surface area contributed by atoms with Gasteiger partial charge in [0.1, 0.15) is 5.15 Å². The van der Waals surface area contributed by atoms with Crippen molar-refractivity contribution in [3.63, 3.8) is 0 Å². The monoisotopic (exact) mass is 353 g/mol. The number of halogens is 2. The van der Waals surface area contributed by atoms with E-state index >= 15 is 0 Å². The lowest BCUT2D eigenvalue weighted by atomic mass is 10.0. The highest BCUT2D eigenvalue weighted by atomic mass is 35.5. The number of aromatic nitrogens is 3. The molecule has 0 fully saturated rings. The predicted molar refractivity (Wildman–Crippen MR) is 99.4 cm³/mol. The summed E-state index contributed by atoms with van der Waals surface area (Å²) >= 11 is 13.1. The van der Waals surface area contributed by atoms with Crippen molar-refractivity contribution in [2.75, 3.05) is 0 Å². The van der Waals surface area contributed by atoms with Crippen LogP contribution in [0.3, 0.4) is 0 Å². The molecule has 24 heavy (non-hydrogen) atoms. The number of hydrogen-bond acceptors (Lipinski definition) is 2. The Kier molecular flexibility index (Phi) is 3.75. The van der Waals surface area contributed by atoms with Gasteiger partial charge in [0.15, 0.2) is 0 Å². The van der Waals surface area contributed by atoms with Gasteiger partial charge in [-0.1, -0.05) is 59.6 Å². The Morgan fingerprint density at radius 2 is 1.75 bits per heavy atom. The zero-order valence-corrected chi connectivity index (χ0v) is 14.4. The van der Waals surface area contributed by atoms with Gasteiger partial charge in [-0.15, -0.1) is 0 Å². The van der Waals surface area contributed by atoms with Crippen LogP contribution in [0.25, 0.3) is 33.3 Å². The van der Waals surface area contributed by atoms with Crippen molar-refractivity contribution in [3.05, 3.63) is 71.2 Å². The minimum absolute atomic E-state index is 0.409. The summed E-state index contributed by atoms with van der Waals surface area (Å²) in [7, 11) is 1.96. The van der Waals surface area contributed by atoms with Crippen LogP contribution in [0.5, 0.6) is 0 Å². The van der Waals surface area contributed by atoms with E-state index in [1.165, 1.54) is 0 Å². The zero-order chi connectivity index (χ0) is 16.7. The van der Waals surface area contributed by atoms with E-state index in [-0.39, 0.29) is 0 Å². The second-order valence-corrected chi connectivity index (χ2v) is 6.32. The number of hydrogen-bond donors (Lipinski definition) is 0. The topological polar surface area (TPSA) is 30.7 Å². The van der Waals surface area contributed by atoms with E-state index in [9.17, 15) is 0 Å². The van der Waals surface area contributed by atoms with Crippen LogP contribution in [0, 0.1) is 0 Å². The average Bonchev–Trinajstić information content (AvgIpc) is 3.02. The Balaban J connectivity index is 1.98. The molecule has 0 radical (unpaired) electrons. The normalized spacial score (nSPS) is 11.1. The molecule has 0 aliphatic rings. The maximum Gasteiger partial charge on any atom is 0.139 e. The summed E-state index contributed by atoms with van der Waals surface area (Å²) < 4.78 is 1.97. The first-order chi connectivity index (χ1) is 11.6. The average molecular weight is 354 g/mol. The quantitative estimate of drug-likeness (QED) is 0.438. The molecule has 0 N–H and O–H groups in total. The van der Waals surface area contributed by atoms with Gasteiger partial charge >= 0.3 is 0 Å². The fraction of sp³-hybridized carbons (Fsp3) is 0.0526. The van der Waals surface area contributed by atoms with E-state index in [2.05, 4.69) is 9.97 Å². The van der Waals surface area contributed by atoms with Gasteiger partial charge in [0, 0.05) is 23.6 Å². The molecule has 0 unspecified atom stereocenters. The molecule has 0 spiro atoms. The highest BCUT2D eigenvalue weighted by molar-refractivity contribution is 6.42. The minimum Gasteiger partial charge on any atom is -0.334 e. The van der Waals surface area contributed by atoms with Crippen LogP contribution in [0.1, 0.15) is 0 Å². The fourth-order valence-corrected chi connectivity index (χ4v) is 3.53.